The van der Waals surface area contributed by atoms with Crippen LogP contribution in [0, 0.1) is 0 Å². The SMILES string of the molecule is CNC(=O)c1ccc(NC(=O)c2ccncc2Cl)cc1. The van der Waals surface area contributed by atoms with Crippen molar-refractivity contribution in [1.82, 2.24) is 10.3 Å². The Balaban J connectivity index is 2.13. The van der Waals surface area contributed by atoms with Crippen molar-refractivity contribution in [3.05, 3.63) is 58.9 Å². The van der Waals surface area contributed by atoms with Crippen LogP contribution in [0.1, 0.15) is 20.7 Å². The van der Waals surface area contributed by atoms with Crippen LogP contribution in [0.3, 0.4) is 0 Å². The van der Waals surface area contributed by atoms with E-state index in [9.17, 15) is 9.59 Å². The standard InChI is InChI=1S/C14H12ClN3O2/c1-16-13(19)9-2-4-10(5-3-9)18-14(20)11-6-7-17-8-12(11)15/h2-8H,1H3,(H,16,19)(H,18,20). The molecule has 0 radical (unpaired) electrons. The molecule has 0 unspecified atom stereocenters. The predicted octanol–water partition coefficient (Wildman–Crippen LogP) is 2.35. The second-order valence-corrected chi connectivity index (χ2v) is 4.37. The quantitative estimate of drug-likeness (QED) is 0.911. The number of hydrogen-bond donors (Lipinski definition) is 2. The van der Waals surface area contributed by atoms with E-state index in [1.807, 2.05) is 0 Å². The molecule has 2 rings (SSSR count). The summed E-state index contributed by atoms with van der Waals surface area (Å²) >= 11 is 5.89. The number of carbonyl (C=O) groups excluding carboxylic acids is 2. The van der Waals surface area contributed by atoms with Gasteiger partial charge in [-0.3, -0.25) is 14.6 Å². The van der Waals surface area contributed by atoms with Crippen LogP contribution in [0.5, 0.6) is 0 Å². The molecular formula is C14H12ClN3O2. The van der Waals surface area contributed by atoms with E-state index in [2.05, 4.69) is 15.6 Å². The molecule has 0 aliphatic carbocycles. The first-order valence-electron chi connectivity index (χ1n) is 5.85. The molecule has 102 valence electrons. The summed E-state index contributed by atoms with van der Waals surface area (Å²) in [7, 11) is 1.56. The van der Waals surface area contributed by atoms with Crippen molar-refractivity contribution in [2.75, 3.05) is 12.4 Å². The predicted molar refractivity (Wildman–Crippen MR) is 77.0 cm³/mol. The van der Waals surface area contributed by atoms with Crippen molar-refractivity contribution < 1.29 is 9.59 Å². The molecule has 2 amide bonds. The summed E-state index contributed by atoms with van der Waals surface area (Å²) in [6.07, 6.45) is 2.90. The number of amides is 2. The summed E-state index contributed by atoms with van der Waals surface area (Å²) in [5.74, 6) is -0.509. The lowest BCUT2D eigenvalue weighted by Gasteiger charge is -2.07. The van der Waals surface area contributed by atoms with E-state index in [1.165, 1.54) is 18.5 Å². The monoisotopic (exact) mass is 289 g/mol. The summed E-state index contributed by atoms with van der Waals surface area (Å²) in [6.45, 7) is 0. The number of carbonyl (C=O) groups is 2. The van der Waals surface area contributed by atoms with Gasteiger partial charge in [-0.05, 0) is 30.3 Å². The molecule has 1 aromatic carbocycles. The first-order chi connectivity index (χ1) is 9.61. The smallest absolute Gasteiger partial charge is 0.257 e. The van der Waals surface area contributed by atoms with Gasteiger partial charge in [0.15, 0.2) is 0 Å². The van der Waals surface area contributed by atoms with Gasteiger partial charge < -0.3 is 10.6 Å². The van der Waals surface area contributed by atoms with Crippen molar-refractivity contribution in [1.29, 1.82) is 0 Å². The maximum atomic E-state index is 12.0. The Bertz CT molecular complexity index is 641. The van der Waals surface area contributed by atoms with Gasteiger partial charge in [-0.2, -0.15) is 0 Å². The molecule has 1 heterocycles. The minimum atomic E-state index is -0.329. The van der Waals surface area contributed by atoms with Crippen LogP contribution in [0.15, 0.2) is 42.7 Å². The molecule has 5 nitrogen and oxygen atoms in total. The van der Waals surface area contributed by atoms with Crippen LogP contribution in [-0.2, 0) is 0 Å². The van der Waals surface area contributed by atoms with Crippen LogP contribution in [0.4, 0.5) is 5.69 Å². The van der Waals surface area contributed by atoms with Crippen LogP contribution in [0.25, 0.3) is 0 Å². The van der Waals surface area contributed by atoms with Crippen LogP contribution in [-0.4, -0.2) is 23.8 Å². The fourth-order valence-electron chi connectivity index (χ4n) is 1.61. The lowest BCUT2D eigenvalue weighted by atomic mass is 10.2. The van der Waals surface area contributed by atoms with E-state index in [1.54, 1.807) is 31.3 Å². The summed E-state index contributed by atoms with van der Waals surface area (Å²) in [5, 5.41) is 5.51. The average molecular weight is 290 g/mol. The molecule has 2 N–H and O–H groups in total. The maximum absolute atomic E-state index is 12.0. The Kier molecular flexibility index (Phi) is 4.32. The molecule has 6 heteroatoms. The molecule has 1 aromatic heterocycles. The topological polar surface area (TPSA) is 71.1 Å². The number of aromatic nitrogens is 1. The zero-order valence-corrected chi connectivity index (χ0v) is 11.4. The Hall–Kier alpha value is -2.40. The molecule has 0 bridgehead atoms. The van der Waals surface area contributed by atoms with Crippen molar-refractivity contribution >= 4 is 29.1 Å². The highest BCUT2D eigenvalue weighted by atomic mass is 35.5. The van der Waals surface area contributed by atoms with Gasteiger partial charge in [-0.15, -0.1) is 0 Å². The van der Waals surface area contributed by atoms with E-state index in [-0.39, 0.29) is 16.8 Å². The molecule has 0 aliphatic rings. The first-order valence-corrected chi connectivity index (χ1v) is 6.22. The fourth-order valence-corrected chi connectivity index (χ4v) is 1.81. The second-order valence-electron chi connectivity index (χ2n) is 3.97. The first kappa shape index (κ1) is 14.0. The highest BCUT2D eigenvalue weighted by Gasteiger charge is 2.10. The van der Waals surface area contributed by atoms with Gasteiger partial charge in [0.2, 0.25) is 0 Å². The summed E-state index contributed by atoms with van der Waals surface area (Å²) < 4.78 is 0. The zero-order chi connectivity index (χ0) is 14.5. The van der Waals surface area contributed by atoms with Crippen molar-refractivity contribution in [3.8, 4) is 0 Å². The van der Waals surface area contributed by atoms with Crippen LogP contribution < -0.4 is 10.6 Å². The number of halogens is 1. The highest BCUT2D eigenvalue weighted by molar-refractivity contribution is 6.34. The summed E-state index contributed by atoms with van der Waals surface area (Å²) in [4.78, 5) is 27.2. The summed E-state index contributed by atoms with van der Waals surface area (Å²) in [6, 6.07) is 8.09. The van der Waals surface area contributed by atoms with E-state index < -0.39 is 0 Å². The van der Waals surface area contributed by atoms with E-state index in [0.717, 1.165) is 0 Å². The van der Waals surface area contributed by atoms with Gasteiger partial charge in [0.1, 0.15) is 0 Å². The molecule has 0 atom stereocenters. The average Bonchev–Trinajstić information content (AvgIpc) is 2.47. The fraction of sp³-hybridized carbons (Fsp3) is 0.0714. The number of hydrogen-bond acceptors (Lipinski definition) is 3. The number of anilines is 1. The van der Waals surface area contributed by atoms with E-state index in [4.69, 9.17) is 11.6 Å². The number of pyridine rings is 1. The zero-order valence-electron chi connectivity index (χ0n) is 10.7. The second kappa shape index (κ2) is 6.16. The molecule has 0 fully saturated rings. The Morgan fingerprint density at radius 1 is 1.10 bits per heavy atom. The number of nitrogens with one attached hydrogen (secondary N) is 2. The molecule has 20 heavy (non-hydrogen) atoms. The molecule has 0 spiro atoms. The highest BCUT2D eigenvalue weighted by Crippen LogP contribution is 2.16. The van der Waals surface area contributed by atoms with Crippen LogP contribution in [0.2, 0.25) is 5.02 Å². The van der Waals surface area contributed by atoms with Crippen molar-refractivity contribution in [2.45, 2.75) is 0 Å². The Labute approximate surface area is 121 Å². The number of nitrogens with zero attached hydrogens (tertiary/aromatic N) is 1. The largest absolute Gasteiger partial charge is 0.355 e. The van der Waals surface area contributed by atoms with Gasteiger partial charge in [-0.1, -0.05) is 11.6 Å². The van der Waals surface area contributed by atoms with Crippen molar-refractivity contribution in [3.63, 3.8) is 0 Å². The van der Waals surface area contributed by atoms with Crippen molar-refractivity contribution in [2.24, 2.45) is 0 Å². The maximum Gasteiger partial charge on any atom is 0.257 e. The lowest BCUT2D eigenvalue weighted by molar-refractivity contribution is 0.0962. The Morgan fingerprint density at radius 3 is 2.40 bits per heavy atom. The molecule has 0 saturated heterocycles. The lowest BCUT2D eigenvalue weighted by Crippen LogP contribution is -2.18. The van der Waals surface area contributed by atoms with E-state index >= 15 is 0 Å². The van der Waals surface area contributed by atoms with Gasteiger partial charge >= 0.3 is 0 Å². The minimum absolute atomic E-state index is 0.181. The molecule has 2 aromatic rings. The minimum Gasteiger partial charge on any atom is -0.355 e. The molecule has 0 saturated carbocycles. The Morgan fingerprint density at radius 2 is 1.80 bits per heavy atom. The third-order valence-electron chi connectivity index (χ3n) is 2.65. The third-order valence-corrected chi connectivity index (χ3v) is 2.95. The molecular weight excluding hydrogens is 278 g/mol. The van der Waals surface area contributed by atoms with Gasteiger partial charge in [0.25, 0.3) is 11.8 Å². The molecule has 0 aliphatic heterocycles. The summed E-state index contributed by atoms with van der Waals surface area (Å²) in [5.41, 5.74) is 1.44. The van der Waals surface area contributed by atoms with Gasteiger partial charge in [-0.25, -0.2) is 0 Å². The normalized spacial score (nSPS) is 9.90. The van der Waals surface area contributed by atoms with Gasteiger partial charge in [0, 0.05) is 30.7 Å². The number of benzene rings is 1. The number of rotatable bonds is 3. The van der Waals surface area contributed by atoms with Gasteiger partial charge in [0.05, 0.1) is 10.6 Å². The third kappa shape index (κ3) is 3.13. The van der Waals surface area contributed by atoms with Crippen LogP contribution >= 0.6 is 11.6 Å². The van der Waals surface area contributed by atoms with E-state index in [0.29, 0.717) is 16.8 Å².